The Morgan fingerprint density at radius 2 is 1.85 bits per heavy atom. The Labute approximate surface area is 268 Å². The molecule has 1 aliphatic rings. The minimum atomic E-state index is -1.20. The van der Waals surface area contributed by atoms with Crippen LogP contribution >= 0.6 is 11.6 Å². The minimum Gasteiger partial charge on any atom is -0.488 e. The summed E-state index contributed by atoms with van der Waals surface area (Å²) in [6.07, 6.45) is 1.41. The third-order valence-corrected chi connectivity index (χ3v) is 7.57. The lowest BCUT2D eigenvalue weighted by molar-refractivity contribution is -0.140. The zero-order chi connectivity index (χ0) is 32.0. The van der Waals surface area contributed by atoms with E-state index in [-0.39, 0.29) is 29.8 Å². The van der Waals surface area contributed by atoms with E-state index in [1.54, 1.807) is 30.3 Å². The second kappa shape index (κ2) is 13.7. The Hall–Kier alpha value is -5.41. The number of carboxylic acid groups (broad SMARTS) is 1. The molecule has 0 saturated carbocycles. The Bertz CT molecular complexity index is 1960. The molecule has 11 nitrogen and oxygen atoms in total. The highest BCUT2D eigenvalue weighted by Crippen LogP contribution is 2.40. The van der Waals surface area contributed by atoms with Crippen LogP contribution in [0.15, 0.2) is 79.1 Å². The van der Waals surface area contributed by atoms with Crippen molar-refractivity contribution in [3.05, 3.63) is 101 Å². The first kappa shape index (κ1) is 30.6. The number of rotatable bonds is 11. The van der Waals surface area contributed by atoms with Gasteiger partial charge in [-0.15, -0.1) is 0 Å². The van der Waals surface area contributed by atoms with E-state index in [0.717, 1.165) is 16.7 Å². The molecule has 0 amide bonds. The summed E-state index contributed by atoms with van der Waals surface area (Å²) >= 11 is 6.69. The van der Waals surface area contributed by atoms with Crippen LogP contribution in [0.1, 0.15) is 16.7 Å². The van der Waals surface area contributed by atoms with E-state index < -0.39 is 18.6 Å². The first-order valence-corrected chi connectivity index (χ1v) is 14.6. The van der Waals surface area contributed by atoms with Gasteiger partial charge in [-0.05, 0) is 47.5 Å². The number of nitriles is 1. The van der Waals surface area contributed by atoms with Gasteiger partial charge in [-0.1, -0.05) is 41.9 Å². The Morgan fingerprint density at radius 1 is 1.02 bits per heavy atom. The highest BCUT2D eigenvalue weighted by Gasteiger charge is 2.20. The molecule has 5 aromatic rings. The lowest BCUT2D eigenvalue weighted by atomic mass is 10.0. The van der Waals surface area contributed by atoms with Crippen molar-refractivity contribution >= 4 is 28.5 Å². The summed E-state index contributed by atoms with van der Waals surface area (Å²) in [4.78, 5) is 20.4. The van der Waals surface area contributed by atoms with Gasteiger partial charge in [0, 0.05) is 23.7 Å². The number of aliphatic hydroxyl groups excluding tert-OH is 1. The number of nitrogens with zero attached hydrogens (tertiary/aromatic N) is 3. The average Bonchev–Trinajstić information content (AvgIpc) is 3.08. The molecule has 0 unspecified atom stereocenters. The van der Waals surface area contributed by atoms with Gasteiger partial charge in [-0.3, -0.25) is 10.1 Å². The number of fused-ring (bicyclic) bond motifs is 2. The number of halogens is 1. The predicted octanol–water partition coefficient (Wildman–Crippen LogP) is 5.50. The Kier molecular flexibility index (Phi) is 9.12. The first-order valence-electron chi connectivity index (χ1n) is 14.3. The third kappa shape index (κ3) is 6.64. The molecule has 6 rings (SSSR count). The smallest absolute Gasteiger partial charge is 0.323 e. The number of para-hydroxylation sites is 1. The molecule has 0 saturated heterocycles. The molecule has 0 bridgehead atoms. The number of aliphatic carboxylic acids is 1. The Morgan fingerprint density at radius 3 is 2.65 bits per heavy atom. The van der Waals surface area contributed by atoms with Crippen LogP contribution in [-0.4, -0.2) is 52.0 Å². The molecule has 1 aliphatic heterocycles. The second-order valence-corrected chi connectivity index (χ2v) is 10.7. The number of aromatic nitrogens is 2. The lowest BCUT2D eigenvalue weighted by Gasteiger charge is -2.19. The molecule has 0 aliphatic carbocycles. The molecule has 46 heavy (non-hydrogen) atoms. The van der Waals surface area contributed by atoms with Crippen molar-refractivity contribution in [2.75, 3.05) is 19.8 Å². The highest BCUT2D eigenvalue weighted by molar-refractivity contribution is 6.32. The van der Waals surface area contributed by atoms with Crippen LogP contribution in [0, 0.1) is 11.3 Å². The number of ether oxygens (including phenoxy) is 4. The number of carboxylic acids is 1. The zero-order valence-corrected chi connectivity index (χ0v) is 25.0. The van der Waals surface area contributed by atoms with E-state index in [2.05, 4.69) is 21.4 Å². The predicted molar refractivity (Wildman–Crippen MR) is 168 cm³/mol. The van der Waals surface area contributed by atoms with Gasteiger partial charge < -0.3 is 29.2 Å². The summed E-state index contributed by atoms with van der Waals surface area (Å²) in [5, 5.41) is 31.8. The van der Waals surface area contributed by atoms with Gasteiger partial charge in [0.2, 0.25) is 5.88 Å². The molecule has 3 N–H and O–H groups in total. The lowest BCUT2D eigenvalue weighted by Crippen LogP contribution is -2.39. The van der Waals surface area contributed by atoms with Crippen LogP contribution in [0.3, 0.4) is 0 Å². The van der Waals surface area contributed by atoms with Gasteiger partial charge in [0.15, 0.2) is 17.2 Å². The van der Waals surface area contributed by atoms with E-state index in [1.807, 2.05) is 42.5 Å². The SMILES string of the molecule is N#Cc1cccc(COc2cc(Oc3ncnc4c(-c5ccc6c(c5)OCCO6)cccc34)c(Cl)cc2CN[C@@H](CO)C(=O)O)c1. The number of nitrogens with one attached hydrogen (secondary N) is 1. The van der Waals surface area contributed by atoms with Gasteiger partial charge >= 0.3 is 5.97 Å². The molecule has 4 aromatic carbocycles. The minimum absolute atomic E-state index is 0.0282. The van der Waals surface area contributed by atoms with Gasteiger partial charge in [0.1, 0.15) is 37.9 Å². The van der Waals surface area contributed by atoms with E-state index in [9.17, 15) is 20.3 Å². The van der Waals surface area contributed by atoms with Gasteiger partial charge in [0.05, 0.1) is 34.2 Å². The van der Waals surface area contributed by atoms with Crippen LogP contribution in [0.25, 0.3) is 22.0 Å². The average molecular weight is 639 g/mol. The van der Waals surface area contributed by atoms with E-state index in [4.69, 9.17) is 30.5 Å². The number of carbonyl (C=O) groups is 1. The van der Waals surface area contributed by atoms with Crippen LogP contribution in [0.4, 0.5) is 0 Å². The number of benzene rings is 4. The second-order valence-electron chi connectivity index (χ2n) is 10.3. The molecule has 2 heterocycles. The van der Waals surface area contributed by atoms with Crippen molar-refractivity contribution in [1.29, 1.82) is 5.26 Å². The van der Waals surface area contributed by atoms with E-state index >= 15 is 0 Å². The molecule has 0 fully saturated rings. The zero-order valence-electron chi connectivity index (χ0n) is 24.3. The van der Waals surface area contributed by atoms with Crippen LogP contribution < -0.4 is 24.3 Å². The summed E-state index contributed by atoms with van der Waals surface area (Å²) in [5.41, 5.74) is 4.15. The van der Waals surface area contributed by atoms with Gasteiger partial charge in [-0.25, -0.2) is 9.97 Å². The van der Waals surface area contributed by atoms with Crippen LogP contribution in [-0.2, 0) is 17.9 Å². The van der Waals surface area contributed by atoms with Crippen molar-refractivity contribution in [3.8, 4) is 46.1 Å². The molecular weight excluding hydrogens is 612 g/mol. The summed E-state index contributed by atoms with van der Waals surface area (Å²) < 4.78 is 23.8. The number of aliphatic hydroxyl groups is 1. The summed E-state index contributed by atoms with van der Waals surface area (Å²) in [6.45, 7) is 0.515. The first-order chi connectivity index (χ1) is 22.4. The Balaban J connectivity index is 1.33. The maximum Gasteiger partial charge on any atom is 0.323 e. The van der Waals surface area contributed by atoms with Crippen molar-refractivity contribution < 1.29 is 34.0 Å². The molecule has 232 valence electrons. The van der Waals surface area contributed by atoms with Crippen LogP contribution in [0.5, 0.6) is 28.9 Å². The molecule has 0 radical (unpaired) electrons. The fourth-order valence-electron chi connectivity index (χ4n) is 4.97. The van der Waals surface area contributed by atoms with Gasteiger partial charge in [-0.2, -0.15) is 5.26 Å². The molecule has 1 atom stereocenters. The fourth-order valence-corrected chi connectivity index (χ4v) is 5.20. The van der Waals surface area contributed by atoms with Crippen molar-refractivity contribution in [2.24, 2.45) is 0 Å². The van der Waals surface area contributed by atoms with E-state index in [1.165, 1.54) is 6.33 Å². The normalized spacial score (nSPS) is 12.7. The monoisotopic (exact) mass is 638 g/mol. The fraction of sp³-hybridized carbons (Fsp3) is 0.176. The standard InChI is InChI=1S/C34H27ClN4O7/c35-26-12-23(16-37-27(17-40)34(41)42)29(45-18-21-4-1-3-20(11-21)15-36)14-30(26)46-33-25-6-2-5-24(32(25)38-19-39-33)22-7-8-28-31(13-22)44-10-9-43-28/h1-8,11-14,19,27,37,40H,9-10,16-18H2,(H,41,42)/t27-/m0/s1. The van der Waals surface area contributed by atoms with Crippen molar-refractivity contribution in [1.82, 2.24) is 15.3 Å². The van der Waals surface area contributed by atoms with Crippen molar-refractivity contribution in [2.45, 2.75) is 19.2 Å². The quantitative estimate of drug-likeness (QED) is 0.168. The number of hydrogen-bond donors (Lipinski definition) is 3. The number of hydrogen-bond acceptors (Lipinski definition) is 10. The molecule has 0 spiro atoms. The maximum absolute atomic E-state index is 11.5. The van der Waals surface area contributed by atoms with Crippen molar-refractivity contribution in [3.63, 3.8) is 0 Å². The van der Waals surface area contributed by atoms with E-state index in [0.29, 0.717) is 52.5 Å². The molecule has 12 heteroatoms. The largest absolute Gasteiger partial charge is 0.488 e. The van der Waals surface area contributed by atoms with Gasteiger partial charge in [0.25, 0.3) is 0 Å². The maximum atomic E-state index is 11.5. The molecular formula is C34H27ClN4O7. The molecule has 1 aromatic heterocycles. The topological polar surface area (TPSA) is 156 Å². The summed E-state index contributed by atoms with van der Waals surface area (Å²) in [7, 11) is 0. The summed E-state index contributed by atoms with van der Waals surface area (Å²) in [6, 6.07) is 22.5. The third-order valence-electron chi connectivity index (χ3n) is 7.27. The summed E-state index contributed by atoms with van der Waals surface area (Å²) in [5.74, 6) is 1.01. The highest BCUT2D eigenvalue weighted by atomic mass is 35.5. The van der Waals surface area contributed by atoms with Crippen LogP contribution in [0.2, 0.25) is 5.02 Å².